The fraction of sp³-hybridized carbons (Fsp3) is 0.333. The van der Waals surface area contributed by atoms with Gasteiger partial charge in [-0.2, -0.15) is 0 Å². The summed E-state index contributed by atoms with van der Waals surface area (Å²) in [6, 6.07) is 8.66. The molecule has 0 radical (unpaired) electrons. The van der Waals surface area contributed by atoms with E-state index in [2.05, 4.69) is 40.3 Å². The van der Waals surface area contributed by atoms with Crippen molar-refractivity contribution < 1.29 is 0 Å². The van der Waals surface area contributed by atoms with Crippen LogP contribution in [0.15, 0.2) is 28.7 Å². The van der Waals surface area contributed by atoms with Crippen LogP contribution in [0, 0.1) is 0 Å². The van der Waals surface area contributed by atoms with E-state index in [-0.39, 0.29) is 12.4 Å². The third-order valence-corrected chi connectivity index (χ3v) is 2.53. The molecule has 0 saturated carbocycles. The van der Waals surface area contributed by atoms with Crippen molar-refractivity contribution >= 4 is 28.3 Å². The summed E-state index contributed by atoms with van der Waals surface area (Å²) in [7, 11) is 1.96. The molecule has 0 bridgehead atoms. The zero-order chi connectivity index (χ0) is 8.27. The SMILES string of the molecule is CNC(C)c1ccccc1Br.Cl. The first-order chi connectivity index (χ1) is 5.25. The Hall–Kier alpha value is -0.0500. The standard InChI is InChI=1S/C9H12BrN.ClH/c1-7(11-2)8-5-3-4-6-9(8)10;/h3-7,11H,1-2H3;1H. The zero-order valence-corrected chi connectivity index (χ0v) is 9.58. The highest BCUT2D eigenvalue weighted by atomic mass is 79.9. The fourth-order valence-corrected chi connectivity index (χ4v) is 1.61. The first-order valence-electron chi connectivity index (χ1n) is 3.67. The van der Waals surface area contributed by atoms with Crippen LogP contribution in [0.25, 0.3) is 0 Å². The summed E-state index contributed by atoms with van der Waals surface area (Å²) in [5.74, 6) is 0. The van der Waals surface area contributed by atoms with Crippen LogP contribution in [-0.2, 0) is 0 Å². The summed E-state index contributed by atoms with van der Waals surface area (Å²) in [6.45, 7) is 2.14. The molecule has 1 unspecified atom stereocenters. The van der Waals surface area contributed by atoms with Crippen LogP contribution in [0.3, 0.4) is 0 Å². The Balaban J connectivity index is 0.00000121. The third kappa shape index (κ3) is 2.77. The van der Waals surface area contributed by atoms with Crippen molar-refractivity contribution in [2.75, 3.05) is 7.05 Å². The van der Waals surface area contributed by atoms with Gasteiger partial charge in [0.1, 0.15) is 0 Å². The lowest BCUT2D eigenvalue weighted by Gasteiger charge is -2.11. The molecule has 12 heavy (non-hydrogen) atoms. The summed E-state index contributed by atoms with van der Waals surface area (Å²) in [5, 5.41) is 3.19. The molecule has 0 amide bonds. The molecule has 0 aromatic heterocycles. The normalized spacial score (nSPS) is 11.9. The van der Waals surface area contributed by atoms with E-state index in [0.29, 0.717) is 6.04 Å². The van der Waals surface area contributed by atoms with Crippen LogP contribution < -0.4 is 5.32 Å². The molecule has 0 aliphatic carbocycles. The van der Waals surface area contributed by atoms with Gasteiger partial charge in [0.05, 0.1) is 0 Å². The van der Waals surface area contributed by atoms with Crippen molar-refractivity contribution in [1.29, 1.82) is 0 Å². The van der Waals surface area contributed by atoms with Crippen LogP contribution in [0.1, 0.15) is 18.5 Å². The minimum Gasteiger partial charge on any atom is -0.313 e. The van der Waals surface area contributed by atoms with Gasteiger partial charge in [-0.1, -0.05) is 34.1 Å². The Morgan fingerprint density at radius 3 is 2.42 bits per heavy atom. The number of halogens is 2. The van der Waals surface area contributed by atoms with Crippen LogP contribution in [0.2, 0.25) is 0 Å². The number of hydrogen-bond acceptors (Lipinski definition) is 1. The second-order valence-corrected chi connectivity index (χ2v) is 3.39. The molecule has 1 nitrogen and oxygen atoms in total. The van der Waals surface area contributed by atoms with Gasteiger partial charge in [-0.15, -0.1) is 12.4 Å². The predicted molar refractivity (Wildman–Crippen MR) is 58.9 cm³/mol. The molecule has 1 aromatic rings. The summed E-state index contributed by atoms with van der Waals surface area (Å²) in [6.07, 6.45) is 0. The summed E-state index contributed by atoms with van der Waals surface area (Å²) < 4.78 is 1.17. The van der Waals surface area contributed by atoms with Gasteiger partial charge in [0, 0.05) is 10.5 Å². The minimum absolute atomic E-state index is 0. The summed E-state index contributed by atoms with van der Waals surface area (Å²) >= 11 is 3.50. The Kier molecular flexibility index (Phi) is 5.55. The van der Waals surface area contributed by atoms with Crippen LogP contribution in [0.5, 0.6) is 0 Å². The molecule has 0 fully saturated rings. The van der Waals surface area contributed by atoms with Gasteiger partial charge in [-0.3, -0.25) is 0 Å². The van der Waals surface area contributed by atoms with Gasteiger partial charge in [-0.25, -0.2) is 0 Å². The number of rotatable bonds is 2. The van der Waals surface area contributed by atoms with Crippen molar-refractivity contribution in [3.63, 3.8) is 0 Å². The highest BCUT2D eigenvalue weighted by molar-refractivity contribution is 9.10. The molecule has 1 atom stereocenters. The Morgan fingerprint density at radius 2 is 1.92 bits per heavy atom. The molecular formula is C9H13BrClN. The van der Waals surface area contributed by atoms with E-state index in [0.717, 1.165) is 0 Å². The number of nitrogens with one attached hydrogen (secondary N) is 1. The van der Waals surface area contributed by atoms with E-state index >= 15 is 0 Å². The van der Waals surface area contributed by atoms with E-state index in [9.17, 15) is 0 Å². The third-order valence-electron chi connectivity index (χ3n) is 1.80. The lowest BCUT2D eigenvalue weighted by atomic mass is 10.1. The van der Waals surface area contributed by atoms with Crippen LogP contribution >= 0.6 is 28.3 Å². The highest BCUT2D eigenvalue weighted by Crippen LogP contribution is 2.21. The van der Waals surface area contributed by atoms with Crippen molar-refractivity contribution in [1.82, 2.24) is 5.32 Å². The molecule has 0 heterocycles. The molecule has 0 saturated heterocycles. The molecule has 1 rings (SSSR count). The van der Waals surface area contributed by atoms with Gasteiger partial charge < -0.3 is 5.32 Å². The van der Waals surface area contributed by atoms with Crippen LogP contribution in [0.4, 0.5) is 0 Å². The van der Waals surface area contributed by atoms with Gasteiger partial charge in [0.25, 0.3) is 0 Å². The van der Waals surface area contributed by atoms with Crippen molar-refractivity contribution in [3.05, 3.63) is 34.3 Å². The Labute approximate surface area is 88.1 Å². The molecule has 0 aliphatic rings. The topological polar surface area (TPSA) is 12.0 Å². The fourth-order valence-electron chi connectivity index (χ4n) is 0.982. The average molecular weight is 251 g/mol. The minimum atomic E-state index is 0. The molecule has 0 spiro atoms. The van der Waals surface area contributed by atoms with E-state index in [4.69, 9.17) is 0 Å². The van der Waals surface area contributed by atoms with Crippen molar-refractivity contribution in [3.8, 4) is 0 Å². The van der Waals surface area contributed by atoms with Gasteiger partial charge in [-0.05, 0) is 25.6 Å². The smallest absolute Gasteiger partial charge is 0.0300 e. The van der Waals surface area contributed by atoms with Crippen molar-refractivity contribution in [2.24, 2.45) is 0 Å². The lowest BCUT2D eigenvalue weighted by molar-refractivity contribution is 0.649. The number of hydrogen-bond donors (Lipinski definition) is 1. The van der Waals surface area contributed by atoms with E-state index in [1.165, 1.54) is 10.0 Å². The van der Waals surface area contributed by atoms with Crippen LogP contribution in [-0.4, -0.2) is 7.05 Å². The summed E-state index contributed by atoms with van der Waals surface area (Å²) in [5.41, 5.74) is 1.30. The Bertz CT molecular complexity index is 240. The molecule has 3 heteroatoms. The first-order valence-corrected chi connectivity index (χ1v) is 4.46. The maximum absolute atomic E-state index is 3.50. The monoisotopic (exact) mass is 249 g/mol. The maximum Gasteiger partial charge on any atom is 0.0300 e. The first kappa shape index (κ1) is 11.9. The van der Waals surface area contributed by atoms with E-state index < -0.39 is 0 Å². The zero-order valence-electron chi connectivity index (χ0n) is 7.17. The summed E-state index contributed by atoms with van der Waals surface area (Å²) in [4.78, 5) is 0. The second-order valence-electron chi connectivity index (χ2n) is 2.53. The molecular weight excluding hydrogens is 237 g/mol. The predicted octanol–water partition coefficient (Wildman–Crippen LogP) is 3.15. The van der Waals surface area contributed by atoms with Gasteiger partial charge >= 0.3 is 0 Å². The molecule has 1 aromatic carbocycles. The molecule has 68 valence electrons. The maximum atomic E-state index is 3.50. The quantitative estimate of drug-likeness (QED) is 0.850. The average Bonchev–Trinajstić information content (AvgIpc) is 2.04. The van der Waals surface area contributed by atoms with E-state index in [1.54, 1.807) is 0 Å². The highest BCUT2D eigenvalue weighted by Gasteiger charge is 2.04. The molecule has 1 N–H and O–H groups in total. The largest absolute Gasteiger partial charge is 0.313 e. The molecule has 0 aliphatic heterocycles. The van der Waals surface area contributed by atoms with Crippen molar-refractivity contribution in [2.45, 2.75) is 13.0 Å². The second kappa shape index (κ2) is 5.57. The number of benzene rings is 1. The van der Waals surface area contributed by atoms with Gasteiger partial charge in [0.2, 0.25) is 0 Å². The van der Waals surface area contributed by atoms with E-state index in [1.807, 2.05) is 19.2 Å². The lowest BCUT2D eigenvalue weighted by Crippen LogP contribution is -2.12. The Morgan fingerprint density at radius 1 is 1.33 bits per heavy atom. The van der Waals surface area contributed by atoms with Gasteiger partial charge in [0.15, 0.2) is 0 Å².